The van der Waals surface area contributed by atoms with Crippen LogP contribution in [0.3, 0.4) is 0 Å². The van der Waals surface area contributed by atoms with Gasteiger partial charge in [-0.05, 0) is 74.4 Å². The highest BCUT2D eigenvalue weighted by Gasteiger charge is 2.35. The molecule has 2 aromatic rings. The fourth-order valence-corrected chi connectivity index (χ4v) is 5.04. The fraction of sp³-hybridized carbons (Fsp3) is 0.360. The lowest BCUT2D eigenvalue weighted by Crippen LogP contribution is -2.35. The summed E-state index contributed by atoms with van der Waals surface area (Å²) in [6.07, 6.45) is 8.38. The van der Waals surface area contributed by atoms with Crippen LogP contribution in [0.5, 0.6) is 0 Å². The van der Waals surface area contributed by atoms with Gasteiger partial charge in [0, 0.05) is 17.1 Å². The number of fused-ring (bicyclic) bond motifs is 1. The number of carbonyl (C=O) groups excluding carboxylic acids is 1. The van der Waals surface area contributed by atoms with Crippen LogP contribution in [0.15, 0.2) is 46.0 Å². The van der Waals surface area contributed by atoms with Gasteiger partial charge < -0.3 is 4.57 Å². The second-order valence-corrected chi connectivity index (χ2v) is 9.36. The summed E-state index contributed by atoms with van der Waals surface area (Å²) >= 11 is 1.38. The van der Waals surface area contributed by atoms with Crippen LogP contribution >= 0.6 is 11.8 Å². The van der Waals surface area contributed by atoms with Crippen molar-refractivity contribution in [2.24, 2.45) is 10.1 Å². The third-order valence-corrected chi connectivity index (χ3v) is 6.80. The number of aromatic nitrogens is 1. The van der Waals surface area contributed by atoms with Crippen molar-refractivity contribution in [2.45, 2.75) is 59.3 Å². The summed E-state index contributed by atoms with van der Waals surface area (Å²) in [5.74, 6) is -0.709. The van der Waals surface area contributed by atoms with Gasteiger partial charge in [0.25, 0.3) is 5.91 Å². The number of unbranched alkanes of at least 4 members (excludes halogenated alkanes) is 4. The number of nitrogens with zero attached hydrogens (tertiary/aromatic N) is 4. The number of halogens is 1. The maximum Gasteiger partial charge on any atom is 0.283 e. The molecule has 6 nitrogen and oxygen atoms in total. The average molecular weight is 466 g/mol. The van der Waals surface area contributed by atoms with Crippen molar-refractivity contribution in [3.63, 3.8) is 0 Å². The van der Waals surface area contributed by atoms with Gasteiger partial charge in [-0.3, -0.25) is 10.2 Å². The highest BCUT2D eigenvalue weighted by atomic mass is 32.2. The molecule has 172 valence electrons. The Labute approximate surface area is 197 Å². The summed E-state index contributed by atoms with van der Waals surface area (Å²) in [5, 5.41) is 16.0. The molecule has 1 N–H and O–H groups in total. The number of hydrogen-bond donors (Lipinski definition) is 1. The number of thioether (sulfide) groups is 1. The average Bonchev–Trinajstić information content (AvgIpc) is 3.30. The molecular formula is C25H28FN5OS. The van der Waals surface area contributed by atoms with Gasteiger partial charge in [0.2, 0.25) is 5.17 Å². The van der Waals surface area contributed by atoms with Gasteiger partial charge in [-0.1, -0.05) is 38.7 Å². The van der Waals surface area contributed by atoms with Gasteiger partial charge in [0.05, 0.1) is 5.57 Å². The minimum absolute atomic E-state index is 0.0361. The highest BCUT2D eigenvalue weighted by molar-refractivity contribution is 8.26. The van der Waals surface area contributed by atoms with E-state index in [2.05, 4.69) is 17.0 Å². The van der Waals surface area contributed by atoms with E-state index in [9.17, 15) is 9.18 Å². The van der Waals surface area contributed by atoms with Crippen LogP contribution in [0.25, 0.3) is 11.8 Å². The molecule has 1 aromatic heterocycles. The number of aryl methyl sites for hydroxylation is 1. The molecule has 0 unspecified atom stereocenters. The van der Waals surface area contributed by atoms with Crippen LogP contribution in [0.4, 0.5) is 4.39 Å². The fourth-order valence-electron chi connectivity index (χ4n) is 4.11. The van der Waals surface area contributed by atoms with Gasteiger partial charge in [0.15, 0.2) is 5.84 Å². The third-order valence-electron chi connectivity index (χ3n) is 5.83. The number of nitrogens with one attached hydrogen (secondary N) is 1. The largest absolute Gasteiger partial charge is 0.318 e. The van der Waals surface area contributed by atoms with Crippen LogP contribution in [0.1, 0.15) is 62.4 Å². The molecular weight excluding hydrogens is 437 g/mol. The Morgan fingerprint density at radius 3 is 2.70 bits per heavy atom. The van der Waals surface area contributed by atoms with Gasteiger partial charge in [0.1, 0.15) is 10.9 Å². The lowest BCUT2D eigenvalue weighted by Gasteiger charge is -2.20. The second-order valence-electron chi connectivity index (χ2n) is 8.32. The zero-order valence-electron chi connectivity index (χ0n) is 19.2. The number of amidine groups is 2. The summed E-state index contributed by atoms with van der Waals surface area (Å²) in [7, 11) is 0. The summed E-state index contributed by atoms with van der Waals surface area (Å²) in [6.45, 7) is 6.04. The van der Waals surface area contributed by atoms with Gasteiger partial charge in [-0.2, -0.15) is 15.1 Å². The van der Waals surface area contributed by atoms with E-state index >= 15 is 0 Å². The molecule has 33 heavy (non-hydrogen) atoms. The van der Waals surface area contributed by atoms with Crippen LogP contribution in [-0.2, 0) is 4.79 Å². The molecule has 0 fully saturated rings. The van der Waals surface area contributed by atoms with Crippen molar-refractivity contribution in [3.05, 3.63) is 58.7 Å². The van der Waals surface area contributed by atoms with Crippen molar-refractivity contribution in [1.29, 1.82) is 5.41 Å². The molecule has 0 bridgehead atoms. The van der Waals surface area contributed by atoms with E-state index in [0.29, 0.717) is 10.9 Å². The minimum Gasteiger partial charge on any atom is -0.318 e. The zero-order valence-corrected chi connectivity index (χ0v) is 20.0. The van der Waals surface area contributed by atoms with E-state index in [1.165, 1.54) is 48.2 Å². The first kappa shape index (κ1) is 23.2. The van der Waals surface area contributed by atoms with Crippen molar-refractivity contribution in [1.82, 2.24) is 9.58 Å². The molecule has 2 aliphatic rings. The molecule has 2 aliphatic heterocycles. The molecule has 1 aromatic carbocycles. The van der Waals surface area contributed by atoms with Gasteiger partial charge in [-0.15, -0.1) is 0 Å². The van der Waals surface area contributed by atoms with Crippen LogP contribution in [0.2, 0.25) is 0 Å². The van der Waals surface area contributed by atoms with E-state index in [-0.39, 0.29) is 17.2 Å². The standard InChI is InChI=1S/C25H28FN5OS/c1-4-5-6-7-8-12-22-29-31-23(27)21(24(32)28-25(31)33-22)14-18-13-16(2)30(17(18)3)20-11-9-10-19(26)15-20/h9-11,13-15,27H,4-8,12H2,1-3H3/b21-14-,27-23?. The van der Waals surface area contributed by atoms with Crippen molar-refractivity contribution in [2.75, 3.05) is 0 Å². The first-order valence-electron chi connectivity index (χ1n) is 11.3. The predicted molar refractivity (Wildman–Crippen MR) is 134 cm³/mol. The number of hydrogen-bond acceptors (Lipinski definition) is 4. The maximum absolute atomic E-state index is 13.8. The molecule has 8 heteroatoms. The third kappa shape index (κ3) is 4.85. The van der Waals surface area contributed by atoms with Crippen LogP contribution < -0.4 is 0 Å². The monoisotopic (exact) mass is 465 g/mol. The zero-order chi connectivity index (χ0) is 23.5. The Hall–Kier alpha value is -3.00. The van der Waals surface area contributed by atoms with Gasteiger partial charge in [-0.25, -0.2) is 4.39 Å². The maximum atomic E-state index is 13.8. The number of amides is 1. The second kappa shape index (κ2) is 9.87. The van der Waals surface area contributed by atoms with E-state index in [1.54, 1.807) is 12.1 Å². The summed E-state index contributed by atoms with van der Waals surface area (Å²) < 4.78 is 15.7. The predicted octanol–water partition coefficient (Wildman–Crippen LogP) is 6.21. The number of carbonyl (C=O) groups is 1. The molecule has 0 atom stereocenters. The molecule has 0 saturated heterocycles. The molecule has 0 saturated carbocycles. The van der Waals surface area contributed by atoms with Crippen molar-refractivity contribution < 1.29 is 9.18 Å². The van der Waals surface area contributed by atoms with Crippen molar-refractivity contribution in [3.8, 4) is 5.69 Å². The van der Waals surface area contributed by atoms with E-state index < -0.39 is 5.91 Å². The van der Waals surface area contributed by atoms with E-state index in [4.69, 9.17) is 5.41 Å². The van der Waals surface area contributed by atoms with Crippen LogP contribution in [0, 0.1) is 25.1 Å². The number of hydrazone groups is 1. The summed E-state index contributed by atoms with van der Waals surface area (Å²) in [5.41, 5.74) is 3.46. The topological polar surface area (TPSA) is 73.8 Å². The molecule has 1 amide bonds. The number of rotatable bonds is 8. The number of aliphatic imine (C=N–C) groups is 1. The van der Waals surface area contributed by atoms with E-state index in [0.717, 1.165) is 41.3 Å². The Morgan fingerprint density at radius 2 is 1.94 bits per heavy atom. The number of benzene rings is 1. The quantitative estimate of drug-likeness (QED) is 0.372. The Kier molecular flexibility index (Phi) is 6.93. The summed E-state index contributed by atoms with van der Waals surface area (Å²) in [4.78, 5) is 17.0. The van der Waals surface area contributed by atoms with Crippen molar-refractivity contribution >= 4 is 39.8 Å². The van der Waals surface area contributed by atoms with E-state index in [1.807, 2.05) is 30.5 Å². The molecule has 3 heterocycles. The Balaban J connectivity index is 1.56. The first-order chi connectivity index (χ1) is 15.9. The Bertz CT molecular complexity index is 1190. The van der Waals surface area contributed by atoms with Gasteiger partial charge >= 0.3 is 0 Å². The lowest BCUT2D eigenvalue weighted by molar-refractivity contribution is -0.114. The lowest BCUT2D eigenvalue weighted by atomic mass is 10.1. The first-order valence-corrected chi connectivity index (χ1v) is 12.1. The molecule has 0 spiro atoms. The molecule has 0 radical (unpaired) electrons. The highest BCUT2D eigenvalue weighted by Crippen LogP contribution is 2.31. The minimum atomic E-state index is -0.436. The summed E-state index contributed by atoms with van der Waals surface area (Å²) in [6, 6.07) is 8.32. The molecule has 0 aliphatic carbocycles. The SMILES string of the molecule is CCCCCCCC1=NN2C(=N)/C(=C/c3cc(C)n(-c4cccc(F)c4)c3C)C(=O)N=C2S1. The van der Waals surface area contributed by atoms with Crippen LogP contribution in [-0.4, -0.2) is 31.5 Å². The smallest absolute Gasteiger partial charge is 0.283 e. The Morgan fingerprint density at radius 1 is 1.15 bits per heavy atom. The normalized spacial score (nSPS) is 17.0. The molecule has 4 rings (SSSR count).